The van der Waals surface area contributed by atoms with Crippen LogP contribution in [0.25, 0.3) is 0 Å². The molecule has 0 radical (unpaired) electrons. The predicted molar refractivity (Wildman–Crippen MR) is 101 cm³/mol. The van der Waals surface area contributed by atoms with Crippen molar-refractivity contribution < 1.29 is 14.6 Å². The Morgan fingerprint density at radius 3 is 2.58 bits per heavy atom. The standard InChI is InChI=1S/C19H22ClN5O/c20-18-7-2-1-5-16(18)14-24-9-11-25(12-10-24)15-19(26)23-22-13-17-6-3-4-8-21-17/h1-8,13H,9-12,14-15H2,(H,23,26)/p+2. The van der Waals surface area contributed by atoms with Crippen LogP contribution in [0.2, 0.25) is 5.02 Å². The minimum absolute atomic E-state index is 0.0678. The van der Waals surface area contributed by atoms with Gasteiger partial charge in [0.2, 0.25) is 0 Å². The number of quaternary nitrogens is 2. The zero-order chi connectivity index (χ0) is 18.2. The van der Waals surface area contributed by atoms with E-state index in [-0.39, 0.29) is 5.91 Å². The summed E-state index contributed by atoms with van der Waals surface area (Å²) < 4.78 is 0. The van der Waals surface area contributed by atoms with E-state index in [9.17, 15) is 4.79 Å². The van der Waals surface area contributed by atoms with Gasteiger partial charge in [0.15, 0.2) is 6.54 Å². The number of rotatable bonds is 6. The van der Waals surface area contributed by atoms with Crippen molar-refractivity contribution in [2.45, 2.75) is 6.54 Å². The van der Waals surface area contributed by atoms with Crippen molar-refractivity contribution in [2.75, 3.05) is 32.7 Å². The number of aromatic nitrogens is 1. The molecule has 6 nitrogen and oxygen atoms in total. The number of halogens is 1. The molecule has 0 bridgehead atoms. The predicted octanol–water partition coefficient (Wildman–Crippen LogP) is -0.831. The van der Waals surface area contributed by atoms with Crippen molar-refractivity contribution in [1.29, 1.82) is 0 Å². The summed E-state index contributed by atoms with van der Waals surface area (Å²) in [4.78, 5) is 19.0. The molecule has 0 unspecified atom stereocenters. The molecule has 1 aliphatic rings. The molecule has 1 amide bonds. The van der Waals surface area contributed by atoms with Crippen molar-refractivity contribution in [2.24, 2.45) is 5.10 Å². The van der Waals surface area contributed by atoms with E-state index in [4.69, 9.17) is 11.6 Å². The summed E-state index contributed by atoms with van der Waals surface area (Å²) in [5.41, 5.74) is 4.49. The molecule has 2 aromatic rings. The van der Waals surface area contributed by atoms with Crippen molar-refractivity contribution in [1.82, 2.24) is 10.4 Å². The van der Waals surface area contributed by atoms with Crippen LogP contribution < -0.4 is 15.2 Å². The van der Waals surface area contributed by atoms with Gasteiger partial charge in [-0.2, -0.15) is 5.10 Å². The molecule has 1 aromatic heterocycles. The summed E-state index contributed by atoms with van der Waals surface area (Å²) in [6, 6.07) is 13.6. The molecule has 0 saturated carbocycles. The van der Waals surface area contributed by atoms with Crippen LogP contribution in [-0.2, 0) is 11.3 Å². The summed E-state index contributed by atoms with van der Waals surface area (Å²) in [5.74, 6) is -0.0678. The molecule has 1 saturated heterocycles. The molecule has 3 N–H and O–H groups in total. The van der Waals surface area contributed by atoms with E-state index in [0.29, 0.717) is 6.54 Å². The summed E-state index contributed by atoms with van der Waals surface area (Å²) in [6.45, 7) is 5.39. The molecule has 136 valence electrons. The van der Waals surface area contributed by atoms with Gasteiger partial charge in [0.1, 0.15) is 32.7 Å². The second-order valence-corrected chi connectivity index (χ2v) is 6.90. The Kier molecular flexibility index (Phi) is 6.71. The molecular formula is C19H24ClN5O+2. The summed E-state index contributed by atoms with van der Waals surface area (Å²) >= 11 is 6.24. The topological polar surface area (TPSA) is 63.2 Å². The number of piperazine rings is 1. The fraction of sp³-hybridized carbons (Fsp3) is 0.316. The molecule has 3 rings (SSSR count). The average Bonchev–Trinajstić information content (AvgIpc) is 2.66. The minimum Gasteiger partial charge on any atom is -0.322 e. The summed E-state index contributed by atoms with van der Waals surface area (Å²) in [7, 11) is 0. The van der Waals surface area contributed by atoms with Crippen molar-refractivity contribution in [3.05, 3.63) is 64.9 Å². The van der Waals surface area contributed by atoms with Crippen molar-refractivity contribution >= 4 is 23.7 Å². The summed E-state index contributed by atoms with van der Waals surface area (Å²) in [5, 5.41) is 4.80. The first-order chi connectivity index (χ1) is 12.7. The highest BCUT2D eigenvalue weighted by Gasteiger charge is 2.25. The van der Waals surface area contributed by atoms with Crippen LogP contribution in [0, 0.1) is 0 Å². The number of hydrogen-bond donors (Lipinski definition) is 3. The highest BCUT2D eigenvalue weighted by Crippen LogP contribution is 2.13. The fourth-order valence-corrected chi connectivity index (χ4v) is 3.31. The van der Waals surface area contributed by atoms with Crippen LogP contribution in [0.3, 0.4) is 0 Å². The molecule has 0 aliphatic carbocycles. The van der Waals surface area contributed by atoms with Gasteiger partial charge in [0.25, 0.3) is 5.91 Å². The lowest BCUT2D eigenvalue weighted by Gasteiger charge is -2.29. The first-order valence-corrected chi connectivity index (χ1v) is 9.22. The van der Waals surface area contributed by atoms with Gasteiger partial charge in [-0.3, -0.25) is 9.78 Å². The third-order valence-electron chi connectivity index (χ3n) is 4.55. The number of pyridine rings is 1. The Morgan fingerprint density at radius 1 is 1.12 bits per heavy atom. The van der Waals surface area contributed by atoms with Crippen LogP contribution in [0.4, 0.5) is 0 Å². The third-order valence-corrected chi connectivity index (χ3v) is 4.92. The second kappa shape index (κ2) is 9.43. The first-order valence-electron chi connectivity index (χ1n) is 8.84. The van der Waals surface area contributed by atoms with Crippen molar-refractivity contribution in [3.63, 3.8) is 0 Å². The number of amides is 1. The van der Waals surface area contributed by atoms with E-state index in [2.05, 4.69) is 21.6 Å². The quantitative estimate of drug-likeness (QED) is 0.457. The van der Waals surface area contributed by atoms with E-state index >= 15 is 0 Å². The lowest BCUT2D eigenvalue weighted by atomic mass is 10.2. The molecule has 26 heavy (non-hydrogen) atoms. The van der Waals surface area contributed by atoms with Gasteiger partial charge in [0, 0.05) is 16.8 Å². The maximum Gasteiger partial charge on any atom is 0.295 e. The third kappa shape index (κ3) is 5.62. The number of carbonyl (C=O) groups is 1. The lowest BCUT2D eigenvalue weighted by Crippen LogP contribution is -3.28. The zero-order valence-corrected chi connectivity index (χ0v) is 15.4. The number of nitrogens with one attached hydrogen (secondary N) is 3. The van der Waals surface area contributed by atoms with E-state index < -0.39 is 0 Å². The first kappa shape index (κ1) is 18.5. The number of carbonyl (C=O) groups excluding carboxylic acids is 1. The van der Waals surface area contributed by atoms with E-state index in [1.807, 2.05) is 36.4 Å². The molecule has 7 heteroatoms. The minimum atomic E-state index is -0.0678. The van der Waals surface area contributed by atoms with Gasteiger partial charge < -0.3 is 9.80 Å². The van der Waals surface area contributed by atoms with Crippen LogP contribution >= 0.6 is 11.6 Å². The Bertz CT molecular complexity index is 745. The highest BCUT2D eigenvalue weighted by molar-refractivity contribution is 6.31. The molecule has 1 aromatic carbocycles. The van der Waals surface area contributed by atoms with E-state index in [1.54, 1.807) is 12.4 Å². The van der Waals surface area contributed by atoms with Gasteiger partial charge in [-0.15, -0.1) is 0 Å². The number of nitrogens with zero attached hydrogens (tertiary/aromatic N) is 2. The van der Waals surface area contributed by atoms with E-state index in [0.717, 1.165) is 43.4 Å². The molecule has 0 spiro atoms. The molecular weight excluding hydrogens is 350 g/mol. The van der Waals surface area contributed by atoms with Crippen LogP contribution in [-0.4, -0.2) is 49.8 Å². The molecule has 2 heterocycles. The molecule has 1 fully saturated rings. The largest absolute Gasteiger partial charge is 0.322 e. The zero-order valence-electron chi connectivity index (χ0n) is 14.6. The number of hydrazone groups is 1. The molecule has 0 atom stereocenters. The monoisotopic (exact) mass is 373 g/mol. The van der Waals surface area contributed by atoms with Crippen molar-refractivity contribution in [3.8, 4) is 0 Å². The Morgan fingerprint density at radius 2 is 1.85 bits per heavy atom. The maximum atomic E-state index is 12.0. The highest BCUT2D eigenvalue weighted by atomic mass is 35.5. The average molecular weight is 374 g/mol. The van der Waals surface area contributed by atoms with Gasteiger partial charge in [-0.1, -0.05) is 35.9 Å². The van der Waals surface area contributed by atoms with Crippen LogP contribution in [0.15, 0.2) is 53.8 Å². The second-order valence-electron chi connectivity index (χ2n) is 6.49. The van der Waals surface area contributed by atoms with Gasteiger partial charge >= 0.3 is 0 Å². The van der Waals surface area contributed by atoms with Crippen LogP contribution in [0.5, 0.6) is 0 Å². The maximum absolute atomic E-state index is 12.0. The molecule has 1 aliphatic heterocycles. The van der Waals surface area contributed by atoms with Crippen LogP contribution in [0.1, 0.15) is 11.3 Å². The number of hydrogen-bond acceptors (Lipinski definition) is 3. The Hall–Kier alpha value is -2.28. The fourth-order valence-electron chi connectivity index (χ4n) is 3.11. The normalized spacial score (nSPS) is 20.2. The van der Waals surface area contributed by atoms with Gasteiger partial charge in [0.05, 0.1) is 11.9 Å². The number of benzene rings is 1. The Balaban J connectivity index is 1.39. The Labute approximate surface area is 158 Å². The van der Waals surface area contributed by atoms with Gasteiger partial charge in [-0.25, -0.2) is 5.43 Å². The summed E-state index contributed by atoms with van der Waals surface area (Å²) in [6.07, 6.45) is 3.25. The smallest absolute Gasteiger partial charge is 0.295 e. The SMILES string of the molecule is O=C(C[NH+]1CC[NH+](Cc2ccccc2Cl)CC1)NN=Cc1ccccn1. The van der Waals surface area contributed by atoms with Gasteiger partial charge in [-0.05, 0) is 18.2 Å². The lowest BCUT2D eigenvalue weighted by molar-refractivity contribution is -1.02. The van der Waals surface area contributed by atoms with E-state index in [1.165, 1.54) is 15.4 Å².